The van der Waals surface area contributed by atoms with Gasteiger partial charge in [-0.25, -0.2) is 4.98 Å². The van der Waals surface area contributed by atoms with Gasteiger partial charge in [-0.15, -0.1) is 0 Å². The molecule has 0 radical (unpaired) electrons. The summed E-state index contributed by atoms with van der Waals surface area (Å²) in [5.41, 5.74) is 2.46. The summed E-state index contributed by atoms with van der Waals surface area (Å²) in [5, 5.41) is 3.41. The van der Waals surface area contributed by atoms with Crippen molar-refractivity contribution >= 4 is 0 Å². The second kappa shape index (κ2) is 4.77. The Kier molecular flexibility index (Phi) is 3.38. The maximum atomic E-state index is 5.43. The van der Waals surface area contributed by atoms with Crippen LogP contribution in [0.3, 0.4) is 0 Å². The Bertz CT molecular complexity index is 294. The second-order valence-corrected chi connectivity index (χ2v) is 3.84. The number of aryl methyl sites for hydroxylation is 2. The Morgan fingerprint density at radius 1 is 1.40 bits per heavy atom. The molecule has 1 fully saturated rings. The van der Waals surface area contributed by atoms with E-state index in [0.717, 1.165) is 38.4 Å². The molecule has 0 aliphatic carbocycles. The van der Waals surface area contributed by atoms with Crippen molar-refractivity contribution in [3.8, 4) is 0 Å². The highest BCUT2D eigenvalue weighted by atomic mass is 16.5. The average Bonchev–Trinajstić information content (AvgIpc) is 2.73. The largest absolute Gasteiger partial charge is 0.378 e. The van der Waals surface area contributed by atoms with Crippen LogP contribution in [0, 0.1) is 0 Å². The first kappa shape index (κ1) is 10.6. The van der Waals surface area contributed by atoms with E-state index in [1.54, 1.807) is 0 Å². The number of imidazole rings is 1. The van der Waals surface area contributed by atoms with Crippen LogP contribution in [0.1, 0.15) is 37.1 Å². The fourth-order valence-electron chi connectivity index (χ4n) is 1.96. The van der Waals surface area contributed by atoms with Gasteiger partial charge < -0.3 is 15.0 Å². The number of ether oxygens (including phenoxy) is 1. The lowest BCUT2D eigenvalue weighted by atomic mass is 10.2. The standard InChI is InChI=1S/C11H19N3O/c1-3-8-9(4-2)14-11(13-8)10-7-15-6-5-12-10/h10,12H,3-7H2,1-2H3,(H,13,14). The quantitative estimate of drug-likeness (QED) is 0.786. The van der Waals surface area contributed by atoms with Crippen LogP contribution in [0.25, 0.3) is 0 Å². The number of rotatable bonds is 3. The van der Waals surface area contributed by atoms with Gasteiger partial charge in [0.25, 0.3) is 0 Å². The van der Waals surface area contributed by atoms with Crippen LogP contribution in [0.15, 0.2) is 0 Å². The van der Waals surface area contributed by atoms with Gasteiger partial charge in [0, 0.05) is 12.2 Å². The van der Waals surface area contributed by atoms with Gasteiger partial charge >= 0.3 is 0 Å². The summed E-state index contributed by atoms with van der Waals surface area (Å²) in [5.74, 6) is 1.03. The molecule has 1 aromatic rings. The third-order valence-corrected chi connectivity index (χ3v) is 2.82. The molecule has 1 saturated heterocycles. The molecule has 2 heterocycles. The molecule has 1 aromatic heterocycles. The molecule has 84 valence electrons. The van der Waals surface area contributed by atoms with E-state index in [0.29, 0.717) is 0 Å². The molecule has 1 unspecified atom stereocenters. The Morgan fingerprint density at radius 2 is 2.27 bits per heavy atom. The first-order valence-corrected chi connectivity index (χ1v) is 5.74. The van der Waals surface area contributed by atoms with Gasteiger partial charge in [-0.3, -0.25) is 0 Å². The lowest BCUT2D eigenvalue weighted by Gasteiger charge is -2.21. The lowest BCUT2D eigenvalue weighted by Crippen LogP contribution is -2.35. The normalized spacial score (nSPS) is 21.9. The highest BCUT2D eigenvalue weighted by Gasteiger charge is 2.19. The SMILES string of the molecule is CCc1nc(C2COCCN2)[nH]c1CC. The monoisotopic (exact) mass is 209 g/mol. The fraction of sp³-hybridized carbons (Fsp3) is 0.727. The van der Waals surface area contributed by atoms with Gasteiger partial charge in [-0.2, -0.15) is 0 Å². The smallest absolute Gasteiger partial charge is 0.126 e. The van der Waals surface area contributed by atoms with Gasteiger partial charge in [-0.1, -0.05) is 13.8 Å². The molecular formula is C11H19N3O. The zero-order valence-corrected chi connectivity index (χ0v) is 9.47. The van der Waals surface area contributed by atoms with Crippen molar-refractivity contribution in [2.24, 2.45) is 0 Å². The molecule has 4 nitrogen and oxygen atoms in total. The van der Waals surface area contributed by atoms with Crippen molar-refractivity contribution in [3.63, 3.8) is 0 Å². The third-order valence-electron chi connectivity index (χ3n) is 2.82. The van der Waals surface area contributed by atoms with E-state index in [-0.39, 0.29) is 6.04 Å². The molecule has 1 aliphatic rings. The summed E-state index contributed by atoms with van der Waals surface area (Å²) in [4.78, 5) is 8.02. The highest BCUT2D eigenvalue weighted by Crippen LogP contribution is 2.16. The number of H-pyrrole nitrogens is 1. The van der Waals surface area contributed by atoms with Crippen molar-refractivity contribution in [1.29, 1.82) is 0 Å². The van der Waals surface area contributed by atoms with Crippen LogP contribution in [0.4, 0.5) is 0 Å². The average molecular weight is 209 g/mol. The number of aromatic nitrogens is 2. The molecule has 4 heteroatoms. The molecule has 2 N–H and O–H groups in total. The van der Waals surface area contributed by atoms with Crippen LogP contribution in [-0.2, 0) is 17.6 Å². The summed E-state index contributed by atoms with van der Waals surface area (Å²) in [6, 6.07) is 0.240. The summed E-state index contributed by atoms with van der Waals surface area (Å²) < 4.78 is 5.43. The number of aromatic amines is 1. The van der Waals surface area contributed by atoms with Crippen LogP contribution in [-0.4, -0.2) is 29.7 Å². The zero-order chi connectivity index (χ0) is 10.7. The van der Waals surface area contributed by atoms with Crippen molar-refractivity contribution in [3.05, 3.63) is 17.2 Å². The van der Waals surface area contributed by atoms with Crippen LogP contribution < -0.4 is 5.32 Å². The molecule has 0 spiro atoms. The molecule has 0 saturated carbocycles. The second-order valence-electron chi connectivity index (χ2n) is 3.84. The van der Waals surface area contributed by atoms with E-state index < -0.39 is 0 Å². The number of hydrogen-bond acceptors (Lipinski definition) is 3. The molecule has 1 atom stereocenters. The van der Waals surface area contributed by atoms with Crippen molar-refractivity contribution in [2.45, 2.75) is 32.7 Å². The molecule has 1 aliphatic heterocycles. The predicted octanol–water partition coefficient (Wildman–Crippen LogP) is 1.20. The zero-order valence-electron chi connectivity index (χ0n) is 9.47. The summed E-state index contributed by atoms with van der Waals surface area (Å²) in [6.45, 7) is 6.73. The molecule has 2 rings (SSSR count). The van der Waals surface area contributed by atoms with Crippen molar-refractivity contribution in [2.75, 3.05) is 19.8 Å². The summed E-state index contributed by atoms with van der Waals surface area (Å²) >= 11 is 0. The molecule has 15 heavy (non-hydrogen) atoms. The highest BCUT2D eigenvalue weighted by molar-refractivity contribution is 5.16. The number of hydrogen-bond donors (Lipinski definition) is 2. The first-order valence-electron chi connectivity index (χ1n) is 5.74. The topological polar surface area (TPSA) is 49.9 Å². The van der Waals surface area contributed by atoms with Gasteiger partial charge in [0.1, 0.15) is 5.82 Å². The van der Waals surface area contributed by atoms with E-state index >= 15 is 0 Å². The Hall–Kier alpha value is -0.870. The van der Waals surface area contributed by atoms with Crippen LogP contribution >= 0.6 is 0 Å². The minimum atomic E-state index is 0.240. The van der Waals surface area contributed by atoms with Crippen LogP contribution in [0.5, 0.6) is 0 Å². The van der Waals surface area contributed by atoms with Crippen molar-refractivity contribution in [1.82, 2.24) is 15.3 Å². The maximum absolute atomic E-state index is 5.43. The summed E-state index contributed by atoms with van der Waals surface area (Å²) in [6.07, 6.45) is 2.01. The van der Waals surface area contributed by atoms with E-state index in [1.165, 1.54) is 11.4 Å². The van der Waals surface area contributed by atoms with Gasteiger partial charge in [0.2, 0.25) is 0 Å². The van der Waals surface area contributed by atoms with E-state index in [1.807, 2.05) is 0 Å². The third kappa shape index (κ3) is 2.21. The van der Waals surface area contributed by atoms with E-state index in [9.17, 15) is 0 Å². The van der Waals surface area contributed by atoms with Gasteiger partial charge in [-0.05, 0) is 12.8 Å². The molecule has 0 bridgehead atoms. The Balaban J connectivity index is 2.16. The maximum Gasteiger partial charge on any atom is 0.126 e. The molecule has 0 amide bonds. The molecule has 0 aromatic carbocycles. The van der Waals surface area contributed by atoms with Gasteiger partial charge in [0.05, 0.1) is 24.9 Å². The van der Waals surface area contributed by atoms with E-state index in [4.69, 9.17) is 4.74 Å². The Morgan fingerprint density at radius 3 is 2.80 bits per heavy atom. The van der Waals surface area contributed by atoms with Crippen molar-refractivity contribution < 1.29 is 4.74 Å². The fourth-order valence-corrected chi connectivity index (χ4v) is 1.96. The predicted molar refractivity (Wildman–Crippen MR) is 58.9 cm³/mol. The lowest BCUT2D eigenvalue weighted by molar-refractivity contribution is 0.0744. The minimum absolute atomic E-state index is 0.240. The number of nitrogens with zero attached hydrogens (tertiary/aromatic N) is 1. The van der Waals surface area contributed by atoms with Gasteiger partial charge in [0.15, 0.2) is 0 Å². The Labute approximate surface area is 90.4 Å². The summed E-state index contributed by atoms with van der Waals surface area (Å²) in [7, 11) is 0. The minimum Gasteiger partial charge on any atom is -0.378 e. The first-order chi connectivity index (χ1) is 7.35. The van der Waals surface area contributed by atoms with Crippen LogP contribution in [0.2, 0.25) is 0 Å². The number of morpholine rings is 1. The van der Waals surface area contributed by atoms with E-state index in [2.05, 4.69) is 29.1 Å². The molecular weight excluding hydrogens is 190 g/mol. The number of nitrogens with one attached hydrogen (secondary N) is 2.